The third-order valence-corrected chi connectivity index (χ3v) is 2.52. The summed E-state index contributed by atoms with van der Waals surface area (Å²) in [6.45, 7) is 0.352. The number of carbonyl (C=O) groups excluding carboxylic acids is 1. The summed E-state index contributed by atoms with van der Waals surface area (Å²) in [5, 5.41) is 3.82. The fraction of sp³-hybridized carbons (Fsp3) is 0.100. The van der Waals surface area contributed by atoms with Crippen LogP contribution in [0.15, 0.2) is 24.4 Å². The number of amides is 1. The van der Waals surface area contributed by atoms with Crippen molar-refractivity contribution in [3.05, 3.63) is 24.4 Å². The number of nitrogens with zero attached hydrogens (tertiary/aromatic N) is 1. The van der Waals surface area contributed by atoms with E-state index in [1.54, 1.807) is 0 Å². The van der Waals surface area contributed by atoms with Crippen molar-refractivity contribution in [1.29, 1.82) is 0 Å². The van der Waals surface area contributed by atoms with Crippen molar-refractivity contribution in [1.82, 2.24) is 4.57 Å². The lowest BCUT2D eigenvalue weighted by Crippen LogP contribution is -2.22. The van der Waals surface area contributed by atoms with Crippen molar-refractivity contribution in [2.24, 2.45) is 0 Å². The van der Waals surface area contributed by atoms with Gasteiger partial charge < -0.3 is 15.6 Å². The highest BCUT2D eigenvalue weighted by molar-refractivity contribution is 6.07. The Labute approximate surface area is 80.3 Å². The van der Waals surface area contributed by atoms with Gasteiger partial charge in [0.1, 0.15) is 6.54 Å². The van der Waals surface area contributed by atoms with E-state index in [-0.39, 0.29) is 5.91 Å². The predicted octanol–water partition coefficient (Wildman–Crippen LogP) is 1.18. The fourth-order valence-corrected chi connectivity index (χ4v) is 1.96. The summed E-state index contributed by atoms with van der Waals surface area (Å²) < 4.78 is 1.89. The number of hydrogen-bond donors (Lipinski definition) is 2. The van der Waals surface area contributed by atoms with Crippen molar-refractivity contribution in [3.8, 4) is 0 Å². The minimum Gasteiger partial charge on any atom is -0.397 e. The molecule has 1 aliphatic heterocycles. The molecule has 3 rings (SSSR count). The van der Waals surface area contributed by atoms with Gasteiger partial charge in [0.25, 0.3) is 0 Å². The molecule has 14 heavy (non-hydrogen) atoms. The Kier molecular flexibility index (Phi) is 1.21. The molecule has 4 nitrogen and oxygen atoms in total. The van der Waals surface area contributed by atoms with E-state index in [1.807, 2.05) is 29.0 Å². The molecule has 4 heteroatoms. The van der Waals surface area contributed by atoms with Crippen LogP contribution in [-0.4, -0.2) is 10.5 Å². The normalized spacial score (nSPS) is 14.4. The Hall–Kier alpha value is -1.97. The van der Waals surface area contributed by atoms with Gasteiger partial charge in [-0.25, -0.2) is 0 Å². The van der Waals surface area contributed by atoms with Crippen LogP contribution in [-0.2, 0) is 11.3 Å². The minimum atomic E-state index is 0.000556. The number of nitrogens with two attached hydrogens (primary N) is 1. The second-order valence-corrected chi connectivity index (χ2v) is 3.46. The molecule has 0 aliphatic carbocycles. The van der Waals surface area contributed by atoms with Gasteiger partial charge in [-0.2, -0.15) is 0 Å². The average molecular weight is 187 g/mol. The van der Waals surface area contributed by atoms with Gasteiger partial charge in [-0.05, 0) is 6.07 Å². The van der Waals surface area contributed by atoms with Gasteiger partial charge >= 0.3 is 0 Å². The topological polar surface area (TPSA) is 60.0 Å². The van der Waals surface area contributed by atoms with Crippen molar-refractivity contribution >= 4 is 28.2 Å². The zero-order valence-corrected chi connectivity index (χ0v) is 7.45. The van der Waals surface area contributed by atoms with Crippen molar-refractivity contribution in [2.45, 2.75) is 6.54 Å². The number of hydrogen-bond acceptors (Lipinski definition) is 2. The van der Waals surface area contributed by atoms with Crippen LogP contribution in [0.2, 0.25) is 0 Å². The number of carbonyl (C=O) groups is 1. The van der Waals surface area contributed by atoms with E-state index in [1.165, 1.54) is 0 Å². The third kappa shape index (κ3) is 0.797. The molecular weight excluding hydrogens is 178 g/mol. The first kappa shape index (κ1) is 7.44. The molecule has 0 unspecified atom stereocenters. The summed E-state index contributed by atoms with van der Waals surface area (Å²) in [6, 6.07) is 5.74. The average Bonchev–Trinajstić information content (AvgIpc) is 2.45. The molecule has 0 atom stereocenters. The highest BCUT2D eigenvalue weighted by Gasteiger charge is 2.18. The molecule has 0 saturated carbocycles. The summed E-state index contributed by atoms with van der Waals surface area (Å²) >= 11 is 0. The number of benzene rings is 1. The molecule has 0 radical (unpaired) electrons. The second-order valence-electron chi connectivity index (χ2n) is 3.46. The number of nitrogens with one attached hydrogen (secondary N) is 1. The van der Waals surface area contributed by atoms with E-state index in [9.17, 15) is 4.79 Å². The quantitative estimate of drug-likeness (QED) is 0.650. The van der Waals surface area contributed by atoms with E-state index in [4.69, 9.17) is 5.73 Å². The molecule has 70 valence electrons. The van der Waals surface area contributed by atoms with Crippen LogP contribution in [0.4, 0.5) is 11.4 Å². The zero-order chi connectivity index (χ0) is 9.71. The van der Waals surface area contributed by atoms with Crippen LogP contribution in [0.5, 0.6) is 0 Å². The van der Waals surface area contributed by atoms with E-state index in [0.29, 0.717) is 6.54 Å². The summed E-state index contributed by atoms with van der Waals surface area (Å²) in [5.74, 6) is 0.000556. The Morgan fingerprint density at radius 2 is 2.29 bits per heavy atom. The number of anilines is 2. The molecular formula is C10H9N3O. The first-order valence-corrected chi connectivity index (χ1v) is 4.43. The van der Waals surface area contributed by atoms with Gasteiger partial charge in [-0.3, -0.25) is 4.79 Å². The molecule has 2 heterocycles. The Balaban J connectivity index is 2.46. The maximum absolute atomic E-state index is 11.3. The number of aromatic nitrogens is 1. The van der Waals surface area contributed by atoms with Crippen molar-refractivity contribution in [2.75, 3.05) is 11.1 Å². The van der Waals surface area contributed by atoms with Gasteiger partial charge in [0, 0.05) is 11.6 Å². The highest BCUT2D eigenvalue weighted by atomic mass is 16.2. The Bertz CT molecular complexity index is 542. The number of para-hydroxylation sites is 1. The first-order chi connectivity index (χ1) is 6.75. The molecule has 0 saturated heterocycles. The molecule has 0 spiro atoms. The van der Waals surface area contributed by atoms with Crippen LogP contribution in [0.3, 0.4) is 0 Å². The van der Waals surface area contributed by atoms with Crippen LogP contribution in [0, 0.1) is 0 Å². The second kappa shape index (κ2) is 2.29. The predicted molar refractivity (Wildman–Crippen MR) is 55.0 cm³/mol. The summed E-state index contributed by atoms with van der Waals surface area (Å²) in [5.41, 5.74) is 8.42. The highest BCUT2D eigenvalue weighted by Crippen LogP contribution is 2.31. The Morgan fingerprint density at radius 3 is 3.14 bits per heavy atom. The molecule has 1 aromatic heterocycles. The van der Waals surface area contributed by atoms with Crippen LogP contribution < -0.4 is 11.1 Å². The molecule has 0 bridgehead atoms. The summed E-state index contributed by atoms with van der Waals surface area (Å²) in [4.78, 5) is 11.3. The molecule has 1 amide bonds. The maximum atomic E-state index is 11.3. The molecule has 2 aromatic rings. The van der Waals surface area contributed by atoms with Gasteiger partial charge in [0.15, 0.2) is 0 Å². The molecule has 0 fully saturated rings. The van der Waals surface area contributed by atoms with E-state index in [2.05, 4.69) is 5.32 Å². The SMILES string of the molecule is Nc1cn2c3c(cccc13)NC(=O)C2. The van der Waals surface area contributed by atoms with Gasteiger partial charge in [-0.1, -0.05) is 12.1 Å². The standard InChI is InChI=1S/C10H9N3O/c11-7-4-13-5-9(14)12-8-3-1-2-6(7)10(8)13/h1-4H,5,11H2,(H,12,14). The number of nitrogen functional groups attached to an aromatic ring is 1. The van der Waals surface area contributed by atoms with Gasteiger partial charge in [0.2, 0.25) is 5.91 Å². The fourth-order valence-electron chi connectivity index (χ4n) is 1.96. The molecule has 1 aromatic carbocycles. The first-order valence-electron chi connectivity index (χ1n) is 4.43. The summed E-state index contributed by atoms with van der Waals surface area (Å²) in [6.07, 6.45) is 1.81. The minimum absolute atomic E-state index is 0.000556. The lowest BCUT2D eigenvalue weighted by molar-refractivity contribution is -0.116. The van der Waals surface area contributed by atoms with E-state index >= 15 is 0 Å². The van der Waals surface area contributed by atoms with Gasteiger partial charge in [-0.15, -0.1) is 0 Å². The largest absolute Gasteiger partial charge is 0.397 e. The van der Waals surface area contributed by atoms with Gasteiger partial charge in [0.05, 0.1) is 16.9 Å². The zero-order valence-electron chi connectivity index (χ0n) is 7.45. The lowest BCUT2D eigenvalue weighted by atomic mass is 10.2. The van der Waals surface area contributed by atoms with Crippen LogP contribution in [0.1, 0.15) is 0 Å². The number of rotatable bonds is 0. The molecule has 3 N–H and O–H groups in total. The monoisotopic (exact) mass is 187 g/mol. The van der Waals surface area contributed by atoms with Crippen molar-refractivity contribution < 1.29 is 4.79 Å². The van der Waals surface area contributed by atoms with Crippen LogP contribution >= 0.6 is 0 Å². The maximum Gasteiger partial charge on any atom is 0.244 e. The Morgan fingerprint density at radius 1 is 1.43 bits per heavy atom. The van der Waals surface area contributed by atoms with E-state index in [0.717, 1.165) is 22.3 Å². The van der Waals surface area contributed by atoms with Crippen molar-refractivity contribution in [3.63, 3.8) is 0 Å². The lowest BCUT2D eigenvalue weighted by Gasteiger charge is -2.15. The van der Waals surface area contributed by atoms with E-state index < -0.39 is 0 Å². The summed E-state index contributed by atoms with van der Waals surface area (Å²) in [7, 11) is 0. The van der Waals surface area contributed by atoms with Crippen LogP contribution in [0.25, 0.3) is 10.9 Å². The molecule has 1 aliphatic rings. The smallest absolute Gasteiger partial charge is 0.244 e. The third-order valence-electron chi connectivity index (χ3n) is 2.52.